The maximum Gasteiger partial charge on any atom is 0.175 e. The van der Waals surface area contributed by atoms with Crippen LogP contribution in [0.4, 0.5) is 0 Å². The summed E-state index contributed by atoms with van der Waals surface area (Å²) in [6.07, 6.45) is 1.22. The predicted octanol–water partition coefficient (Wildman–Crippen LogP) is 2.61. The first-order valence-corrected chi connectivity index (χ1v) is 10.9. The van der Waals surface area contributed by atoms with Gasteiger partial charge in [-0.2, -0.15) is 0 Å². The van der Waals surface area contributed by atoms with Gasteiger partial charge in [-0.05, 0) is 36.2 Å². The topological polar surface area (TPSA) is 73.2 Å². The molecule has 4 rings (SSSR count). The van der Waals surface area contributed by atoms with E-state index in [9.17, 15) is 8.42 Å². The molecule has 2 heterocycles. The molecule has 0 aliphatic carbocycles. The van der Waals surface area contributed by atoms with E-state index >= 15 is 0 Å². The molecule has 7 heteroatoms. The number of aromatic nitrogens is 2. The van der Waals surface area contributed by atoms with E-state index in [1.54, 1.807) is 12.1 Å². The van der Waals surface area contributed by atoms with Gasteiger partial charge in [-0.25, -0.2) is 13.4 Å². The molecule has 0 saturated heterocycles. The van der Waals surface area contributed by atoms with E-state index in [2.05, 4.69) is 35.0 Å². The van der Waals surface area contributed by atoms with Crippen LogP contribution in [0.3, 0.4) is 0 Å². The first kappa shape index (κ1) is 18.2. The van der Waals surface area contributed by atoms with E-state index in [-0.39, 0.29) is 6.04 Å². The van der Waals surface area contributed by atoms with Crippen molar-refractivity contribution in [3.05, 3.63) is 59.4 Å². The third kappa shape index (κ3) is 3.63. The molecule has 0 spiro atoms. The lowest BCUT2D eigenvalue weighted by molar-refractivity contribution is 0.0564. The summed E-state index contributed by atoms with van der Waals surface area (Å²) in [6, 6.07) is 13.4. The van der Waals surface area contributed by atoms with Crippen molar-refractivity contribution in [3.8, 4) is 0 Å². The highest BCUT2D eigenvalue weighted by Crippen LogP contribution is 2.27. The second kappa shape index (κ2) is 7.07. The van der Waals surface area contributed by atoms with Crippen molar-refractivity contribution in [2.75, 3.05) is 19.4 Å². The maximum absolute atomic E-state index is 11.5. The minimum Gasteiger partial charge on any atom is -0.371 e. The SMILES string of the molecule is Cc1cccc2c1nc1n2C(CNCc2ccc(S(C)(=O)=O)cc2)COC1. The van der Waals surface area contributed by atoms with Gasteiger partial charge in [0.1, 0.15) is 12.4 Å². The molecular formula is C20H23N3O3S. The molecule has 1 N–H and O–H groups in total. The summed E-state index contributed by atoms with van der Waals surface area (Å²) in [5.74, 6) is 0.967. The van der Waals surface area contributed by atoms with E-state index in [0.717, 1.165) is 29.0 Å². The van der Waals surface area contributed by atoms with Gasteiger partial charge in [0.15, 0.2) is 9.84 Å². The summed E-state index contributed by atoms with van der Waals surface area (Å²) in [6.45, 7) is 4.68. The number of rotatable bonds is 5. The number of hydrogen-bond donors (Lipinski definition) is 1. The number of ether oxygens (including phenoxy) is 1. The van der Waals surface area contributed by atoms with Crippen molar-refractivity contribution in [2.24, 2.45) is 0 Å². The van der Waals surface area contributed by atoms with Crippen LogP contribution in [-0.4, -0.2) is 37.4 Å². The van der Waals surface area contributed by atoms with Crippen LogP contribution >= 0.6 is 0 Å². The van der Waals surface area contributed by atoms with Crippen LogP contribution in [0, 0.1) is 6.92 Å². The van der Waals surface area contributed by atoms with Crippen molar-refractivity contribution in [1.29, 1.82) is 0 Å². The molecular weight excluding hydrogens is 362 g/mol. The van der Waals surface area contributed by atoms with E-state index in [1.165, 1.54) is 11.8 Å². The van der Waals surface area contributed by atoms with Gasteiger partial charge in [0, 0.05) is 19.3 Å². The largest absolute Gasteiger partial charge is 0.371 e. The van der Waals surface area contributed by atoms with Crippen molar-refractivity contribution < 1.29 is 13.2 Å². The Kier molecular flexibility index (Phi) is 4.75. The van der Waals surface area contributed by atoms with Gasteiger partial charge in [0.25, 0.3) is 0 Å². The molecule has 0 amide bonds. The van der Waals surface area contributed by atoms with Crippen molar-refractivity contribution in [3.63, 3.8) is 0 Å². The first-order chi connectivity index (χ1) is 12.9. The monoisotopic (exact) mass is 385 g/mol. The average Bonchev–Trinajstić information content (AvgIpc) is 3.02. The standard InChI is InChI=1S/C20H23N3O3S/c1-14-4-3-5-18-20(14)22-19-13-26-12-16(23(18)19)11-21-10-15-6-8-17(9-7-15)27(2,24)25/h3-9,16,21H,10-13H2,1-2H3. The zero-order valence-electron chi connectivity index (χ0n) is 15.5. The van der Waals surface area contributed by atoms with E-state index in [1.807, 2.05) is 12.1 Å². The Balaban J connectivity index is 1.47. The zero-order valence-corrected chi connectivity index (χ0v) is 16.3. The molecule has 1 atom stereocenters. The van der Waals surface area contributed by atoms with E-state index in [4.69, 9.17) is 9.72 Å². The molecule has 1 unspecified atom stereocenters. The number of aryl methyl sites for hydroxylation is 1. The maximum atomic E-state index is 11.5. The lowest BCUT2D eigenvalue weighted by Crippen LogP contribution is -2.32. The third-order valence-corrected chi connectivity index (χ3v) is 6.09. The number of hydrogen-bond acceptors (Lipinski definition) is 5. The molecule has 1 aromatic heterocycles. The molecule has 1 aliphatic heterocycles. The van der Waals surface area contributed by atoms with Crippen molar-refractivity contribution in [1.82, 2.24) is 14.9 Å². The molecule has 0 saturated carbocycles. The van der Waals surface area contributed by atoms with Gasteiger partial charge in [-0.3, -0.25) is 0 Å². The number of sulfone groups is 1. The third-order valence-electron chi connectivity index (χ3n) is 4.96. The molecule has 27 heavy (non-hydrogen) atoms. The molecule has 0 radical (unpaired) electrons. The lowest BCUT2D eigenvalue weighted by Gasteiger charge is -2.26. The van der Waals surface area contributed by atoms with Gasteiger partial charge < -0.3 is 14.6 Å². The Morgan fingerprint density at radius 2 is 2.00 bits per heavy atom. The number of fused-ring (bicyclic) bond motifs is 3. The fourth-order valence-corrected chi connectivity index (χ4v) is 4.19. The highest BCUT2D eigenvalue weighted by molar-refractivity contribution is 7.90. The minimum atomic E-state index is -3.16. The molecule has 142 valence electrons. The fourth-order valence-electron chi connectivity index (χ4n) is 3.56. The van der Waals surface area contributed by atoms with Crippen LogP contribution in [-0.2, 0) is 27.7 Å². The molecule has 3 aromatic rings. The van der Waals surface area contributed by atoms with Crippen LogP contribution in [0.25, 0.3) is 11.0 Å². The highest BCUT2D eigenvalue weighted by atomic mass is 32.2. The summed E-state index contributed by atoms with van der Waals surface area (Å²) in [7, 11) is -3.16. The number of benzene rings is 2. The molecule has 0 bridgehead atoms. The van der Waals surface area contributed by atoms with Gasteiger partial charge >= 0.3 is 0 Å². The lowest BCUT2D eigenvalue weighted by atomic mass is 10.2. The molecule has 0 fully saturated rings. The first-order valence-electron chi connectivity index (χ1n) is 8.97. The van der Waals surface area contributed by atoms with Gasteiger partial charge in [0.05, 0.1) is 28.6 Å². The Morgan fingerprint density at radius 3 is 2.74 bits per heavy atom. The fraction of sp³-hybridized carbons (Fsp3) is 0.350. The van der Waals surface area contributed by atoms with E-state index < -0.39 is 9.84 Å². The Bertz CT molecular complexity index is 1070. The number of imidazole rings is 1. The number of para-hydroxylation sites is 1. The van der Waals surface area contributed by atoms with Crippen LogP contribution < -0.4 is 5.32 Å². The van der Waals surface area contributed by atoms with E-state index in [0.29, 0.717) is 24.7 Å². The minimum absolute atomic E-state index is 0.177. The summed E-state index contributed by atoms with van der Waals surface area (Å²) in [4.78, 5) is 5.10. The summed E-state index contributed by atoms with van der Waals surface area (Å²) >= 11 is 0. The quantitative estimate of drug-likeness (QED) is 0.731. The van der Waals surface area contributed by atoms with Gasteiger partial charge in [-0.1, -0.05) is 24.3 Å². The summed E-state index contributed by atoms with van der Waals surface area (Å²) < 4.78 is 31.1. The van der Waals surface area contributed by atoms with Gasteiger partial charge in [-0.15, -0.1) is 0 Å². The summed E-state index contributed by atoms with van der Waals surface area (Å²) in [5.41, 5.74) is 4.41. The molecule has 1 aliphatic rings. The van der Waals surface area contributed by atoms with Crippen LogP contribution in [0.1, 0.15) is 23.0 Å². The Labute approximate surface area is 159 Å². The molecule has 6 nitrogen and oxygen atoms in total. The van der Waals surface area contributed by atoms with Crippen LogP contribution in [0.2, 0.25) is 0 Å². The van der Waals surface area contributed by atoms with Crippen molar-refractivity contribution in [2.45, 2.75) is 31.0 Å². The second-order valence-corrected chi connectivity index (χ2v) is 9.07. The van der Waals surface area contributed by atoms with Gasteiger partial charge in [0.2, 0.25) is 0 Å². The Morgan fingerprint density at radius 1 is 1.22 bits per heavy atom. The molecule has 2 aromatic carbocycles. The highest BCUT2D eigenvalue weighted by Gasteiger charge is 2.24. The summed E-state index contributed by atoms with van der Waals surface area (Å²) in [5, 5.41) is 3.46. The van der Waals surface area contributed by atoms with Crippen LogP contribution in [0.15, 0.2) is 47.4 Å². The number of nitrogens with one attached hydrogen (secondary N) is 1. The Hall–Kier alpha value is -2.22. The van der Waals surface area contributed by atoms with Crippen LogP contribution in [0.5, 0.6) is 0 Å². The average molecular weight is 385 g/mol. The zero-order chi connectivity index (χ0) is 19.0. The van der Waals surface area contributed by atoms with Crippen molar-refractivity contribution >= 4 is 20.9 Å². The smallest absolute Gasteiger partial charge is 0.175 e. The predicted molar refractivity (Wildman–Crippen MR) is 104 cm³/mol. The number of nitrogens with zero attached hydrogens (tertiary/aromatic N) is 2. The second-order valence-electron chi connectivity index (χ2n) is 7.06. The normalized spacial score (nSPS) is 17.2.